The highest BCUT2D eigenvalue weighted by atomic mass is 32.2. The first-order valence-corrected chi connectivity index (χ1v) is 8.20. The molecular formula is C13H23N3OS. The molecule has 5 heteroatoms. The molecule has 1 aliphatic rings. The van der Waals surface area contributed by atoms with Crippen LogP contribution in [-0.2, 0) is 16.6 Å². The lowest BCUT2D eigenvalue weighted by atomic mass is 9.96. The number of hydrogen-bond donors (Lipinski definition) is 1. The fourth-order valence-corrected chi connectivity index (χ4v) is 3.34. The van der Waals surface area contributed by atoms with Gasteiger partial charge in [0.1, 0.15) is 0 Å². The minimum atomic E-state index is -0.908. The minimum absolute atomic E-state index is 0.0461. The van der Waals surface area contributed by atoms with Crippen molar-refractivity contribution in [3.05, 3.63) is 18.0 Å². The number of rotatable bonds is 5. The van der Waals surface area contributed by atoms with Crippen LogP contribution in [0.1, 0.15) is 50.8 Å². The molecule has 1 aromatic heterocycles. The highest BCUT2D eigenvalue weighted by molar-refractivity contribution is 7.84. The van der Waals surface area contributed by atoms with Gasteiger partial charge in [0.15, 0.2) is 0 Å². The molecule has 1 heterocycles. The summed E-state index contributed by atoms with van der Waals surface area (Å²) in [5.41, 5.74) is 6.46. The molecule has 0 aromatic carbocycles. The zero-order chi connectivity index (χ0) is 13.0. The maximum atomic E-state index is 11.9. The average Bonchev–Trinajstić information content (AvgIpc) is 2.87. The van der Waals surface area contributed by atoms with Gasteiger partial charge in [-0.1, -0.05) is 19.3 Å². The van der Waals surface area contributed by atoms with E-state index in [0.717, 1.165) is 5.69 Å². The summed E-state index contributed by atoms with van der Waals surface area (Å²) in [6.45, 7) is 2.39. The summed E-state index contributed by atoms with van der Waals surface area (Å²) in [5, 5.41) is 4.62. The van der Waals surface area contributed by atoms with Crippen molar-refractivity contribution < 1.29 is 4.21 Å². The number of aromatic nitrogens is 2. The van der Waals surface area contributed by atoms with Gasteiger partial charge < -0.3 is 5.73 Å². The normalized spacial score (nSPS) is 20.8. The SMILES string of the molecule is CC(CN)S(=O)Cc1ccn(C2CCCCC2)n1. The zero-order valence-corrected chi connectivity index (χ0v) is 11.9. The van der Waals surface area contributed by atoms with E-state index in [0.29, 0.717) is 18.3 Å². The molecular weight excluding hydrogens is 246 g/mol. The molecule has 0 aliphatic heterocycles. The molecule has 18 heavy (non-hydrogen) atoms. The highest BCUT2D eigenvalue weighted by Crippen LogP contribution is 2.27. The van der Waals surface area contributed by atoms with Gasteiger partial charge in [0, 0.05) is 28.8 Å². The van der Waals surface area contributed by atoms with Crippen molar-refractivity contribution in [2.24, 2.45) is 5.73 Å². The number of nitrogens with zero attached hydrogens (tertiary/aromatic N) is 2. The van der Waals surface area contributed by atoms with Crippen LogP contribution in [0.4, 0.5) is 0 Å². The fraction of sp³-hybridized carbons (Fsp3) is 0.769. The molecule has 0 saturated heterocycles. The minimum Gasteiger partial charge on any atom is -0.329 e. The Balaban J connectivity index is 1.95. The molecule has 0 radical (unpaired) electrons. The number of hydrogen-bond acceptors (Lipinski definition) is 3. The first-order chi connectivity index (χ1) is 8.70. The molecule has 102 valence electrons. The quantitative estimate of drug-likeness (QED) is 0.889. The first kappa shape index (κ1) is 13.7. The molecule has 1 saturated carbocycles. The Morgan fingerprint density at radius 2 is 2.22 bits per heavy atom. The Bertz CT molecular complexity index is 399. The summed E-state index contributed by atoms with van der Waals surface area (Å²) in [6, 6.07) is 2.54. The van der Waals surface area contributed by atoms with Gasteiger partial charge in [-0.05, 0) is 25.8 Å². The Morgan fingerprint density at radius 3 is 2.89 bits per heavy atom. The Hall–Kier alpha value is -0.680. The Kier molecular flexibility index (Phi) is 4.95. The van der Waals surface area contributed by atoms with Crippen molar-refractivity contribution in [1.82, 2.24) is 9.78 Å². The van der Waals surface area contributed by atoms with Gasteiger partial charge in [-0.15, -0.1) is 0 Å². The van der Waals surface area contributed by atoms with Crippen molar-refractivity contribution in [1.29, 1.82) is 0 Å². The number of nitrogens with two attached hydrogens (primary N) is 1. The third-order valence-corrected chi connectivity index (χ3v) is 5.35. The van der Waals surface area contributed by atoms with Gasteiger partial charge >= 0.3 is 0 Å². The second-order valence-electron chi connectivity index (χ2n) is 5.15. The van der Waals surface area contributed by atoms with E-state index in [4.69, 9.17) is 5.73 Å². The van der Waals surface area contributed by atoms with E-state index >= 15 is 0 Å². The van der Waals surface area contributed by atoms with Crippen molar-refractivity contribution in [3.63, 3.8) is 0 Å². The van der Waals surface area contributed by atoms with Crippen molar-refractivity contribution in [3.8, 4) is 0 Å². The van der Waals surface area contributed by atoms with Crippen molar-refractivity contribution in [2.75, 3.05) is 6.54 Å². The second kappa shape index (κ2) is 6.48. The van der Waals surface area contributed by atoms with Crippen LogP contribution in [0, 0.1) is 0 Å². The molecule has 2 atom stereocenters. The van der Waals surface area contributed by atoms with Crippen LogP contribution in [-0.4, -0.2) is 25.8 Å². The first-order valence-electron chi connectivity index (χ1n) is 6.82. The zero-order valence-electron chi connectivity index (χ0n) is 11.0. The van der Waals surface area contributed by atoms with E-state index in [-0.39, 0.29) is 5.25 Å². The second-order valence-corrected chi connectivity index (χ2v) is 7.01. The largest absolute Gasteiger partial charge is 0.329 e. The molecule has 2 unspecified atom stereocenters. The maximum absolute atomic E-state index is 11.9. The smallest absolute Gasteiger partial charge is 0.0749 e. The fourth-order valence-electron chi connectivity index (χ4n) is 2.40. The van der Waals surface area contributed by atoms with Gasteiger partial charge in [0.25, 0.3) is 0 Å². The molecule has 0 spiro atoms. The summed E-state index contributed by atoms with van der Waals surface area (Å²) < 4.78 is 14.0. The standard InChI is InChI=1S/C13H23N3OS/c1-11(9-14)18(17)10-12-7-8-16(15-12)13-5-3-2-4-6-13/h7-8,11,13H,2-6,9-10,14H2,1H3. The van der Waals surface area contributed by atoms with Crippen LogP contribution in [0.2, 0.25) is 0 Å². The summed E-state index contributed by atoms with van der Waals surface area (Å²) in [7, 11) is -0.908. The van der Waals surface area contributed by atoms with E-state index in [9.17, 15) is 4.21 Å². The summed E-state index contributed by atoms with van der Waals surface area (Å²) in [4.78, 5) is 0. The molecule has 1 aliphatic carbocycles. The van der Waals surface area contributed by atoms with Gasteiger partial charge in [0.2, 0.25) is 0 Å². The molecule has 0 amide bonds. The molecule has 0 bridgehead atoms. The van der Waals surface area contributed by atoms with E-state index in [2.05, 4.69) is 9.78 Å². The Morgan fingerprint density at radius 1 is 1.50 bits per heavy atom. The lowest BCUT2D eigenvalue weighted by Crippen LogP contribution is -2.23. The van der Waals surface area contributed by atoms with E-state index in [1.165, 1.54) is 32.1 Å². The lowest BCUT2D eigenvalue weighted by Gasteiger charge is -2.21. The predicted molar refractivity (Wildman–Crippen MR) is 74.7 cm³/mol. The van der Waals surface area contributed by atoms with Gasteiger partial charge in [0.05, 0.1) is 17.5 Å². The van der Waals surface area contributed by atoms with Crippen molar-refractivity contribution >= 4 is 10.8 Å². The van der Waals surface area contributed by atoms with Gasteiger partial charge in [-0.3, -0.25) is 8.89 Å². The topological polar surface area (TPSA) is 60.9 Å². The Labute approximate surface area is 111 Å². The summed E-state index contributed by atoms with van der Waals surface area (Å²) in [5.74, 6) is 0.526. The van der Waals surface area contributed by atoms with Crippen LogP contribution < -0.4 is 5.73 Å². The predicted octanol–water partition coefficient (Wildman–Crippen LogP) is 1.98. The highest BCUT2D eigenvalue weighted by Gasteiger charge is 2.17. The molecule has 1 aromatic rings. The van der Waals surface area contributed by atoms with Crippen LogP contribution in [0.15, 0.2) is 12.3 Å². The summed E-state index contributed by atoms with van der Waals surface area (Å²) >= 11 is 0. The molecule has 2 rings (SSSR count). The van der Waals surface area contributed by atoms with E-state index in [1.54, 1.807) is 0 Å². The van der Waals surface area contributed by atoms with Gasteiger partial charge in [-0.25, -0.2) is 0 Å². The third kappa shape index (κ3) is 3.42. The van der Waals surface area contributed by atoms with Crippen LogP contribution in [0.3, 0.4) is 0 Å². The van der Waals surface area contributed by atoms with E-state index < -0.39 is 10.8 Å². The van der Waals surface area contributed by atoms with Crippen LogP contribution in [0.5, 0.6) is 0 Å². The maximum Gasteiger partial charge on any atom is 0.0749 e. The van der Waals surface area contributed by atoms with Crippen LogP contribution in [0.25, 0.3) is 0 Å². The monoisotopic (exact) mass is 269 g/mol. The van der Waals surface area contributed by atoms with Crippen LogP contribution >= 0.6 is 0 Å². The van der Waals surface area contributed by atoms with Crippen molar-refractivity contribution in [2.45, 2.75) is 56.1 Å². The van der Waals surface area contributed by atoms with E-state index in [1.807, 2.05) is 19.2 Å². The average molecular weight is 269 g/mol. The lowest BCUT2D eigenvalue weighted by molar-refractivity contribution is 0.328. The summed E-state index contributed by atoms with van der Waals surface area (Å²) in [6.07, 6.45) is 8.44. The molecule has 2 N–H and O–H groups in total. The van der Waals surface area contributed by atoms with Gasteiger partial charge in [-0.2, -0.15) is 5.10 Å². The molecule has 1 fully saturated rings. The molecule has 4 nitrogen and oxygen atoms in total. The third-order valence-electron chi connectivity index (χ3n) is 3.68.